The van der Waals surface area contributed by atoms with Gasteiger partial charge in [-0.3, -0.25) is 0 Å². The van der Waals surface area contributed by atoms with Gasteiger partial charge in [0.25, 0.3) is 0 Å². The van der Waals surface area contributed by atoms with E-state index in [-0.39, 0.29) is 18.4 Å². The maximum atomic E-state index is 5.81. The summed E-state index contributed by atoms with van der Waals surface area (Å²) in [6.45, 7) is 8.99. The number of rotatable bonds is 4. The summed E-state index contributed by atoms with van der Waals surface area (Å²) < 4.78 is 5.55. The molecule has 0 aliphatic heterocycles. The lowest BCUT2D eigenvalue weighted by atomic mass is 9.98. The third-order valence-corrected chi connectivity index (χ3v) is 2.69. The molecular formula is C13H22ClNO. The molecule has 0 spiro atoms. The van der Waals surface area contributed by atoms with Crippen LogP contribution in [0.15, 0.2) is 12.1 Å². The fraction of sp³-hybridized carbons (Fsp3) is 0.538. The van der Waals surface area contributed by atoms with E-state index >= 15 is 0 Å². The lowest BCUT2D eigenvalue weighted by molar-refractivity contribution is 0.337. The number of hydrogen-bond donors (Lipinski definition) is 1. The molecule has 0 heterocycles. The standard InChI is InChI=1S/C13H21NO.ClH/c1-5-15-13-7-6-12(8-9(2)14)10(3)11(13)4;/h6-7,9H,5,8,14H2,1-4H3;1H. The third kappa shape index (κ3) is 3.69. The van der Waals surface area contributed by atoms with Crippen LogP contribution in [0.5, 0.6) is 5.75 Å². The first-order valence-corrected chi connectivity index (χ1v) is 5.53. The Kier molecular flexibility index (Phi) is 6.46. The van der Waals surface area contributed by atoms with Gasteiger partial charge in [-0.05, 0) is 56.9 Å². The average molecular weight is 244 g/mol. The van der Waals surface area contributed by atoms with Gasteiger partial charge in [-0.15, -0.1) is 12.4 Å². The lowest BCUT2D eigenvalue weighted by Crippen LogP contribution is -2.18. The molecule has 0 fully saturated rings. The Labute approximate surface area is 105 Å². The fourth-order valence-corrected chi connectivity index (χ4v) is 1.73. The highest BCUT2D eigenvalue weighted by molar-refractivity contribution is 5.85. The quantitative estimate of drug-likeness (QED) is 0.883. The van der Waals surface area contributed by atoms with Crippen molar-refractivity contribution in [2.24, 2.45) is 5.73 Å². The first-order chi connectivity index (χ1) is 7.06. The zero-order valence-corrected chi connectivity index (χ0v) is 11.4. The van der Waals surface area contributed by atoms with Gasteiger partial charge < -0.3 is 10.5 Å². The highest BCUT2D eigenvalue weighted by Crippen LogP contribution is 2.24. The molecule has 2 N–H and O–H groups in total. The molecule has 0 aliphatic carbocycles. The van der Waals surface area contributed by atoms with Crippen LogP contribution in [0.3, 0.4) is 0 Å². The zero-order chi connectivity index (χ0) is 11.4. The van der Waals surface area contributed by atoms with Crippen LogP contribution in [-0.2, 0) is 6.42 Å². The molecule has 2 nitrogen and oxygen atoms in total. The Morgan fingerprint density at radius 1 is 1.25 bits per heavy atom. The number of benzene rings is 1. The summed E-state index contributed by atoms with van der Waals surface area (Å²) in [6.07, 6.45) is 0.930. The van der Waals surface area contributed by atoms with Crippen molar-refractivity contribution in [3.8, 4) is 5.75 Å². The number of halogens is 1. The van der Waals surface area contributed by atoms with E-state index in [1.165, 1.54) is 16.7 Å². The smallest absolute Gasteiger partial charge is 0.122 e. The fourth-order valence-electron chi connectivity index (χ4n) is 1.73. The zero-order valence-electron chi connectivity index (χ0n) is 10.5. The summed E-state index contributed by atoms with van der Waals surface area (Å²) in [5.74, 6) is 0.989. The third-order valence-electron chi connectivity index (χ3n) is 2.69. The van der Waals surface area contributed by atoms with Gasteiger partial charge in [-0.25, -0.2) is 0 Å². The highest BCUT2D eigenvalue weighted by Gasteiger charge is 2.08. The molecule has 1 aromatic rings. The van der Waals surface area contributed by atoms with E-state index in [9.17, 15) is 0 Å². The molecule has 0 bridgehead atoms. The van der Waals surface area contributed by atoms with Gasteiger partial charge in [0.2, 0.25) is 0 Å². The Hall–Kier alpha value is -0.730. The molecule has 92 valence electrons. The predicted molar refractivity (Wildman–Crippen MR) is 71.7 cm³/mol. The maximum Gasteiger partial charge on any atom is 0.122 e. The van der Waals surface area contributed by atoms with E-state index < -0.39 is 0 Å². The molecule has 16 heavy (non-hydrogen) atoms. The van der Waals surface area contributed by atoms with Crippen LogP contribution in [0.1, 0.15) is 30.5 Å². The summed E-state index contributed by atoms with van der Waals surface area (Å²) in [5.41, 5.74) is 9.67. The minimum Gasteiger partial charge on any atom is -0.494 e. The topological polar surface area (TPSA) is 35.2 Å². The van der Waals surface area contributed by atoms with Gasteiger partial charge in [0.05, 0.1) is 6.61 Å². The Morgan fingerprint density at radius 2 is 1.88 bits per heavy atom. The van der Waals surface area contributed by atoms with Crippen molar-refractivity contribution in [3.63, 3.8) is 0 Å². The molecule has 0 aliphatic rings. The first-order valence-electron chi connectivity index (χ1n) is 5.53. The molecule has 1 unspecified atom stereocenters. The van der Waals surface area contributed by atoms with E-state index in [4.69, 9.17) is 10.5 Å². The van der Waals surface area contributed by atoms with Crippen molar-refractivity contribution in [2.75, 3.05) is 6.61 Å². The van der Waals surface area contributed by atoms with Crippen molar-refractivity contribution < 1.29 is 4.74 Å². The summed E-state index contributed by atoms with van der Waals surface area (Å²) in [7, 11) is 0. The minimum absolute atomic E-state index is 0. The van der Waals surface area contributed by atoms with E-state index in [0.29, 0.717) is 6.61 Å². The SMILES string of the molecule is CCOc1ccc(CC(C)N)c(C)c1C.Cl. The molecule has 0 radical (unpaired) electrons. The van der Waals surface area contributed by atoms with Gasteiger partial charge in [0.15, 0.2) is 0 Å². The van der Waals surface area contributed by atoms with E-state index in [1.807, 2.05) is 19.9 Å². The van der Waals surface area contributed by atoms with Crippen LogP contribution in [0, 0.1) is 13.8 Å². The molecule has 0 amide bonds. The summed E-state index contributed by atoms with van der Waals surface area (Å²) >= 11 is 0. The molecule has 0 saturated carbocycles. The Morgan fingerprint density at radius 3 is 2.38 bits per heavy atom. The maximum absolute atomic E-state index is 5.81. The van der Waals surface area contributed by atoms with Crippen LogP contribution < -0.4 is 10.5 Å². The number of nitrogens with two attached hydrogens (primary N) is 1. The van der Waals surface area contributed by atoms with Crippen molar-refractivity contribution >= 4 is 12.4 Å². The monoisotopic (exact) mass is 243 g/mol. The second kappa shape index (κ2) is 6.77. The lowest BCUT2D eigenvalue weighted by Gasteiger charge is -2.14. The van der Waals surface area contributed by atoms with Gasteiger partial charge in [-0.1, -0.05) is 6.07 Å². The van der Waals surface area contributed by atoms with Crippen LogP contribution in [-0.4, -0.2) is 12.6 Å². The first kappa shape index (κ1) is 15.3. The Balaban J connectivity index is 0.00000225. The van der Waals surface area contributed by atoms with E-state index in [0.717, 1.165) is 12.2 Å². The highest BCUT2D eigenvalue weighted by atomic mass is 35.5. The van der Waals surface area contributed by atoms with Gasteiger partial charge >= 0.3 is 0 Å². The summed E-state index contributed by atoms with van der Waals surface area (Å²) in [4.78, 5) is 0. The second-order valence-electron chi connectivity index (χ2n) is 4.09. The number of hydrogen-bond acceptors (Lipinski definition) is 2. The summed E-state index contributed by atoms with van der Waals surface area (Å²) in [6, 6.07) is 4.38. The van der Waals surface area contributed by atoms with Crippen LogP contribution in [0.4, 0.5) is 0 Å². The van der Waals surface area contributed by atoms with Gasteiger partial charge in [0.1, 0.15) is 5.75 Å². The van der Waals surface area contributed by atoms with Crippen molar-refractivity contribution in [1.29, 1.82) is 0 Å². The van der Waals surface area contributed by atoms with Crippen molar-refractivity contribution in [2.45, 2.75) is 40.2 Å². The molecular weight excluding hydrogens is 222 g/mol. The predicted octanol–water partition coefficient (Wildman–Crippen LogP) is 3.01. The average Bonchev–Trinajstić information content (AvgIpc) is 2.17. The van der Waals surface area contributed by atoms with Crippen molar-refractivity contribution in [3.05, 3.63) is 28.8 Å². The molecule has 1 aromatic carbocycles. The second-order valence-corrected chi connectivity index (χ2v) is 4.09. The normalized spacial score (nSPS) is 11.8. The molecule has 1 atom stereocenters. The largest absolute Gasteiger partial charge is 0.494 e. The van der Waals surface area contributed by atoms with Crippen LogP contribution >= 0.6 is 12.4 Å². The van der Waals surface area contributed by atoms with Gasteiger partial charge in [-0.2, -0.15) is 0 Å². The van der Waals surface area contributed by atoms with Crippen LogP contribution in [0.2, 0.25) is 0 Å². The molecule has 3 heteroatoms. The number of ether oxygens (including phenoxy) is 1. The molecule has 0 aromatic heterocycles. The molecule has 0 saturated heterocycles. The van der Waals surface area contributed by atoms with E-state index in [2.05, 4.69) is 19.9 Å². The van der Waals surface area contributed by atoms with E-state index in [1.54, 1.807) is 0 Å². The molecule has 1 rings (SSSR count). The minimum atomic E-state index is 0. The van der Waals surface area contributed by atoms with Crippen molar-refractivity contribution in [1.82, 2.24) is 0 Å². The summed E-state index contributed by atoms with van der Waals surface area (Å²) in [5, 5.41) is 0. The Bertz CT molecular complexity index is 337. The van der Waals surface area contributed by atoms with Crippen LogP contribution in [0.25, 0.3) is 0 Å². The van der Waals surface area contributed by atoms with Gasteiger partial charge in [0, 0.05) is 6.04 Å².